The van der Waals surface area contributed by atoms with Crippen molar-refractivity contribution in [2.45, 2.75) is 118 Å². The molecule has 38 heavy (non-hydrogen) atoms. The summed E-state index contributed by atoms with van der Waals surface area (Å²) in [7, 11) is 0. The fourth-order valence-corrected chi connectivity index (χ4v) is 3.31. The van der Waals surface area contributed by atoms with Crippen LogP contribution in [0, 0.1) is 23.2 Å². The minimum atomic E-state index is -4.60. The van der Waals surface area contributed by atoms with Gasteiger partial charge < -0.3 is 20.9 Å². The molecule has 6 nitrogen and oxygen atoms in total. The maximum Gasteiger partial charge on any atom is 0.404 e. The summed E-state index contributed by atoms with van der Waals surface area (Å²) in [6, 6.07) is -4.34. The molecule has 228 valence electrons. The summed E-state index contributed by atoms with van der Waals surface area (Å²) >= 11 is 0. The molecule has 0 radical (unpaired) electrons. The molecule has 0 aliphatic carbocycles. The lowest BCUT2D eigenvalue weighted by molar-refractivity contribution is -0.178. The van der Waals surface area contributed by atoms with Crippen LogP contribution in [0.25, 0.3) is 0 Å². The molecule has 4 N–H and O–H groups in total. The molecule has 0 aromatic rings. The molecular formula is C26H48F6N2O4. The Morgan fingerprint density at radius 1 is 0.737 bits per heavy atom. The van der Waals surface area contributed by atoms with E-state index < -0.39 is 53.6 Å². The zero-order valence-corrected chi connectivity index (χ0v) is 23.8. The maximum absolute atomic E-state index is 12.7. The first kappa shape index (κ1) is 38.6. The average molecular weight is 567 g/mol. The van der Waals surface area contributed by atoms with Crippen LogP contribution in [0.1, 0.15) is 93.4 Å². The predicted octanol–water partition coefficient (Wildman–Crippen LogP) is 6.54. The second-order valence-corrected chi connectivity index (χ2v) is 10.9. The third-order valence-electron chi connectivity index (χ3n) is 5.90. The molecule has 0 amide bonds. The fraction of sp³-hybridized carbons (Fsp3) is 0.923. The molecule has 0 aliphatic heterocycles. The Hall–Kier alpha value is -1.56. The van der Waals surface area contributed by atoms with Gasteiger partial charge in [-0.1, -0.05) is 67.7 Å². The number of carbonyl (C=O) groups is 2. The molecule has 0 saturated carbocycles. The second-order valence-electron chi connectivity index (χ2n) is 10.9. The SMILES string of the molecule is CCCCOC(=O)[C@H](CC(C)(C)C)[C@@H](N)C(F)(F)F.CCCCOC(=O)[C@H](CC(C)CC)[C@@H](N)C(F)(F)F. The molecule has 0 heterocycles. The Bertz CT molecular complexity index is 666. The summed E-state index contributed by atoms with van der Waals surface area (Å²) in [6.45, 7) is 13.1. The molecule has 0 bridgehead atoms. The predicted molar refractivity (Wildman–Crippen MR) is 135 cm³/mol. The van der Waals surface area contributed by atoms with Gasteiger partial charge in [-0.15, -0.1) is 0 Å². The lowest BCUT2D eigenvalue weighted by atomic mass is 9.81. The smallest absolute Gasteiger partial charge is 0.404 e. The number of unbranched alkanes of at least 4 members (excludes halogenated alkanes) is 2. The molecule has 0 fully saturated rings. The molecule has 5 atom stereocenters. The van der Waals surface area contributed by atoms with Crippen LogP contribution in [0.3, 0.4) is 0 Å². The van der Waals surface area contributed by atoms with E-state index >= 15 is 0 Å². The van der Waals surface area contributed by atoms with Crippen molar-refractivity contribution in [2.75, 3.05) is 13.2 Å². The van der Waals surface area contributed by atoms with Gasteiger partial charge in [0, 0.05) is 0 Å². The van der Waals surface area contributed by atoms with Crippen molar-refractivity contribution in [3.63, 3.8) is 0 Å². The van der Waals surface area contributed by atoms with E-state index in [0.717, 1.165) is 12.8 Å². The number of alkyl halides is 6. The first-order valence-corrected chi connectivity index (χ1v) is 13.2. The molecule has 0 aliphatic rings. The number of hydrogen-bond donors (Lipinski definition) is 2. The third-order valence-corrected chi connectivity index (χ3v) is 5.90. The monoisotopic (exact) mass is 566 g/mol. The van der Waals surface area contributed by atoms with Crippen molar-refractivity contribution in [1.29, 1.82) is 0 Å². The molecule has 0 spiro atoms. The molecule has 0 rings (SSSR count). The van der Waals surface area contributed by atoms with Gasteiger partial charge in [0.2, 0.25) is 0 Å². The van der Waals surface area contributed by atoms with E-state index in [9.17, 15) is 35.9 Å². The van der Waals surface area contributed by atoms with Crippen molar-refractivity contribution in [3.8, 4) is 0 Å². The Kier molecular flexibility index (Phi) is 18.2. The standard InChI is InChI=1S/2C13H24F3NO2/c1-5-6-7-19-11(18)9(8-12(2,3)4)10(17)13(14,15)16;1-4-6-7-19-12(18)10(8-9(3)5-2)11(17)13(14,15)16/h9-10H,5-8,17H2,1-4H3;9-11H,4-8,17H2,1-3H3/t9-,10-;9?,10-,11-/m11/s1. The highest BCUT2D eigenvalue weighted by Gasteiger charge is 2.47. The number of rotatable bonds is 14. The van der Waals surface area contributed by atoms with Gasteiger partial charge in [0.05, 0.1) is 25.0 Å². The van der Waals surface area contributed by atoms with Crippen LogP contribution in [0.2, 0.25) is 0 Å². The molecule has 0 aromatic heterocycles. The van der Waals surface area contributed by atoms with Crippen LogP contribution in [0.15, 0.2) is 0 Å². The Balaban J connectivity index is 0. The van der Waals surface area contributed by atoms with Gasteiger partial charge in [0.15, 0.2) is 0 Å². The Morgan fingerprint density at radius 3 is 1.42 bits per heavy atom. The number of carbonyl (C=O) groups excluding carboxylic acids is 2. The summed E-state index contributed by atoms with van der Waals surface area (Å²) in [5.74, 6) is -4.35. The van der Waals surface area contributed by atoms with Gasteiger partial charge >= 0.3 is 24.3 Å². The largest absolute Gasteiger partial charge is 0.465 e. The van der Waals surface area contributed by atoms with Gasteiger partial charge in [-0.25, -0.2) is 0 Å². The summed E-state index contributed by atoms with van der Waals surface area (Å²) in [6.07, 6.45) is -5.44. The summed E-state index contributed by atoms with van der Waals surface area (Å²) in [5, 5.41) is 0. The maximum atomic E-state index is 12.7. The number of esters is 2. The molecule has 12 heteroatoms. The number of ether oxygens (including phenoxy) is 2. The van der Waals surface area contributed by atoms with Crippen molar-refractivity contribution in [3.05, 3.63) is 0 Å². The topological polar surface area (TPSA) is 105 Å². The van der Waals surface area contributed by atoms with E-state index in [2.05, 4.69) is 0 Å². The minimum absolute atomic E-state index is 0.00266. The van der Waals surface area contributed by atoms with Crippen LogP contribution in [0.5, 0.6) is 0 Å². The van der Waals surface area contributed by atoms with Crippen LogP contribution in [-0.4, -0.2) is 49.6 Å². The summed E-state index contributed by atoms with van der Waals surface area (Å²) in [4.78, 5) is 23.5. The van der Waals surface area contributed by atoms with E-state index in [1.165, 1.54) is 0 Å². The lowest BCUT2D eigenvalue weighted by Gasteiger charge is -2.29. The van der Waals surface area contributed by atoms with Crippen LogP contribution < -0.4 is 11.5 Å². The Labute approximate surface area is 223 Å². The highest BCUT2D eigenvalue weighted by atomic mass is 19.4. The van der Waals surface area contributed by atoms with Crippen LogP contribution in [-0.2, 0) is 19.1 Å². The number of hydrogen-bond acceptors (Lipinski definition) is 6. The van der Waals surface area contributed by atoms with Gasteiger partial charge in [0.25, 0.3) is 0 Å². The zero-order valence-electron chi connectivity index (χ0n) is 23.8. The fourth-order valence-electron chi connectivity index (χ4n) is 3.31. The highest BCUT2D eigenvalue weighted by molar-refractivity contribution is 5.74. The van der Waals surface area contributed by atoms with E-state index in [-0.39, 0.29) is 32.0 Å². The first-order chi connectivity index (χ1) is 17.2. The van der Waals surface area contributed by atoms with Crippen molar-refractivity contribution >= 4 is 11.9 Å². The summed E-state index contributed by atoms with van der Waals surface area (Å²) in [5.41, 5.74) is 9.93. The average Bonchev–Trinajstić information content (AvgIpc) is 2.78. The van der Waals surface area contributed by atoms with E-state index in [1.54, 1.807) is 27.7 Å². The second kappa shape index (κ2) is 17.9. The molecular weight excluding hydrogens is 518 g/mol. The van der Waals surface area contributed by atoms with Crippen molar-refractivity contribution in [1.82, 2.24) is 0 Å². The van der Waals surface area contributed by atoms with Crippen molar-refractivity contribution < 1.29 is 45.4 Å². The number of nitrogens with two attached hydrogens (primary N) is 2. The summed E-state index contributed by atoms with van der Waals surface area (Å²) < 4.78 is 85.9. The van der Waals surface area contributed by atoms with Gasteiger partial charge in [-0.05, 0) is 37.0 Å². The molecule has 0 saturated heterocycles. The molecule has 0 aromatic carbocycles. The normalized spacial score (nSPS) is 16.4. The lowest BCUT2D eigenvalue weighted by Crippen LogP contribution is -2.48. The van der Waals surface area contributed by atoms with Crippen LogP contribution in [0.4, 0.5) is 26.3 Å². The van der Waals surface area contributed by atoms with Gasteiger partial charge in [-0.2, -0.15) is 26.3 Å². The quantitative estimate of drug-likeness (QED) is 0.141. The van der Waals surface area contributed by atoms with E-state index in [0.29, 0.717) is 19.3 Å². The first-order valence-electron chi connectivity index (χ1n) is 13.2. The van der Waals surface area contributed by atoms with E-state index in [1.807, 2.05) is 20.8 Å². The van der Waals surface area contributed by atoms with Crippen molar-refractivity contribution in [2.24, 2.45) is 34.6 Å². The molecule has 1 unspecified atom stereocenters. The Morgan fingerprint density at radius 2 is 1.11 bits per heavy atom. The highest BCUT2D eigenvalue weighted by Crippen LogP contribution is 2.33. The van der Waals surface area contributed by atoms with E-state index in [4.69, 9.17) is 20.9 Å². The van der Waals surface area contributed by atoms with Gasteiger partial charge in [0.1, 0.15) is 12.1 Å². The van der Waals surface area contributed by atoms with Gasteiger partial charge in [-0.3, -0.25) is 9.59 Å². The minimum Gasteiger partial charge on any atom is -0.465 e. The zero-order chi connectivity index (χ0) is 30.3. The number of halogens is 6. The van der Waals surface area contributed by atoms with Crippen LogP contribution >= 0.6 is 0 Å². The third kappa shape index (κ3) is 17.1.